The van der Waals surface area contributed by atoms with Crippen LogP contribution in [0.25, 0.3) is 0 Å². The third-order valence-corrected chi connectivity index (χ3v) is 4.53. The van der Waals surface area contributed by atoms with Crippen LogP contribution in [0, 0.1) is 12.7 Å². The number of ether oxygens (including phenoxy) is 1. The van der Waals surface area contributed by atoms with E-state index in [2.05, 4.69) is 5.32 Å². The zero-order valence-corrected chi connectivity index (χ0v) is 12.2. The van der Waals surface area contributed by atoms with E-state index in [0.717, 1.165) is 12.1 Å². The molecule has 1 aromatic carbocycles. The van der Waals surface area contributed by atoms with Crippen molar-refractivity contribution in [3.05, 3.63) is 29.1 Å². The molecule has 1 heterocycles. The van der Waals surface area contributed by atoms with Crippen LogP contribution in [0.3, 0.4) is 0 Å². The number of carbonyl (C=O) groups is 1. The molecule has 1 unspecified atom stereocenters. The van der Waals surface area contributed by atoms with E-state index in [9.17, 15) is 17.6 Å². The largest absolute Gasteiger partial charge is 0.379 e. The Morgan fingerprint density at radius 3 is 2.75 bits per heavy atom. The first-order valence-electron chi connectivity index (χ1n) is 5.92. The van der Waals surface area contributed by atoms with E-state index in [4.69, 9.17) is 15.4 Å². The van der Waals surface area contributed by atoms with Gasteiger partial charge >= 0.3 is 0 Å². The van der Waals surface area contributed by atoms with Crippen LogP contribution in [0.1, 0.15) is 22.3 Å². The summed E-state index contributed by atoms with van der Waals surface area (Å²) in [6, 6.07) is 1.92. The third-order valence-electron chi connectivity index (χ3n) is 3.09. The molecule has 1 aliphatic heterocycles. The number of amides is 1. The van der Waals surface area contributed by atoms with Crippen molar-refractivity contribution in [3.8, 4) is 0 Å². The highest BCUT2D eigenvalue weighted by Gasteiger charge is 2.23. The summed E-state index contributed by atoms with van der Waals surface area (Å²) in [5, 5.41) is 2.65. The Morgan fingerprint density at radius 1 is 1.50 bits per heavy atom. The fraction of sp³-hybridized carbons (Fsp3) is 0.417. The molecule has 0 bridgehead atoms. The Morgan fingerprint density at radius 2 is 2.20 bits per heavy atom. The number of carbonyl (C=O) groups excluding carboxylic acids is 1. The van der Waals surface area contributed by atoms with Crippen molar-refractivity contribution in [1.29, 1.82) is 0 Å². The number of rotatable bonds is 3. The van der Waals surface area contributed by atoms with Crippen LogP contribution >= 0.6 is 10.7 Å². The Bertz CT molecular complexity index is 641. The van der Waals surface area contributed by atoms with Gasteiger partial charge in [0.25, 0.3) is 15.0 Å². The van der Waals surface area contributed by atoms with Crippen molar-refractivity contribution in [1.82, 2.24) is 5.32 Å². The van der Waals surface area contributed by atoms with Gasteiger partial charge < -0.3 is 10.1 Å². The van der Waals surface area contributed by atoms with Crippen LogP contribution in [-0.2, 0) is 13.8 Å². The Labute approximate surface area is 120 Å². The molecule has 8 heteroatoms. The molecule has 20 heavy (non-hydrogen) atoms. The average Bonchev–Trinajstić information content (AvgIpc) is 2.83. The maximum absolute atomic E-state index is 13.7. The summed E-state index contributed by atoms with van der Waals surface area (Å²) in [5.74, 6) is -1.35. The summed E-state index contributed by atoms with van der Waals surface area (Å²) in [7, 11) is 1.12. The van der Waals surface area contributed by atoms with Crippen LogP contribution < -0.4 is 5.32 Å². The van der Waals surface area contributed by atoms with E-state index in [1.165, 1.54) is 6.92 Å². The topological polar surface area (TPSA) is 72.5 Å². The lowest BCUT2D eigenvalue weighted by molar-refractivity contribution is 0.0929. The molecular formula is C12H13ClFNO4S. The Balaban J connectivity index is 2.32. The lowest BCUT2D eigenvalue weighted by Gasteiger charge is -2.12. The van der Waals surface area contributed by atoms with Crippen LogP contribution in [0.5, 0.6) is 0 Å². The molecule has 1 saturated heterocycles. The van der Waals surface area contributed by atoms with E-state index in [1.807, 2.05) is 0 Å². The molecule has 0 aliphatic carbocycles. The molecule has 0 spiro atoms. The Hall–Kier alpha value is -1.18. The molecule has 1 aliphatic rings. The van der Waals surface area contributed by atoms with Gasteiger partial charge in [-0.3, -0.25) is 4.79 Å². The minimum atomic E-state index is -4.11. The Kier molecular flexibility index (Phi) is 4.31. The van der Waals surface area contributed by atoms with Gasteiger partial charge in [-0.2, -0.15) is 0 Å². The van der Waals surface area contributed by atoms with Gasteiger partial charge in [-0.1, -0.05) is 0 Å². The highest BCUT2D eigenvalue weighted by atomic mass is 35.7. The first-order chi connectivity index (χ1) is 9.29. The van der Waals surface area contributed by atoms with Crippen LogP contribution in [0.15, 0.2) is 17.0 Å². The number of hydrogen-bond acceptors (Lipinski definition) is 4. The number of hydrogen-bond donors (Lipinski definition) is 1. The van der Waals surface area contributed by atoms with E-state index in [0.29, 0.717) is 19.6 Å². The smallest absolute Gasteiger partial charge is 0.261 e. The van der Waals surface area contributed by atoms with Crippen molar-refractivity contribution in [2.45, 2.75) is 24.3 Å². The number of nitrogens with one attached hydrogen (secondary N) is 1. The van der Waals surface area contributed by atoms with Gasteiger partial charge in [0.2, 0.25) is 0 Å². The lowest BCUT2D eigenvalue weighted by Crippen LogP contribution is -2.35. The van der Waals surface area contributed by atoms with Crippen molar-refractivity contribution in [2.24, 2.45) is 0 Å². The summed E-state index contributed by atoms with van der Waals surface area (Å²) in [4.78, 5) is 11.6. The SMILES string of the molecule is Cc1c(F)cc(C(=O)NC2CCOC2)cc1S(=O)(=O)Cl. The molecule has 5 nitrogen and oxygen atoms in total. The molecule has 2 rings (SSSR count). The molecule has 1 fully saturated rings. The predicted octanol–water partition coefficient (Wildman–Crippen LogP) is 1.58. The van der Waals surface area contributed by atoms with Gasteiger partial charge in [0, 0.05) is 28.4 Å². The molecule has 0 aromatic heterocycles. The fourth-order valence-corrected chi connectivity index (χ4v) is 3.17. The van der Waals surface area contributed by atoms with Gasteiger partial charge in [0.05, 0.1) is 17.5 Å². The highest BCUT2D eigenvalue weighted by Crippen LogP contribution is 2.24. The van der Waals surface area contributed by atoms with E-state index in [-0.39, 0.29) is 17.2 Å². The minimum Gasteiger partial charge on any atom is -0.379 e. The number of benzene rings is 1. The summed E-state index contributed by atoms with van der Waals surface area (Å²) in [6.45, 7) is 2.23. The summed E-state index contributed by atoms with van der Waals surface area (Å²) < 4.78 is 41.6. The zero-order chi connectivity index (χ0) is 14.9. The second kappa shape index (κ2) is 5.67. The molecule has 110 valence electrons. The van der Waals surface area contributed by atoms with Gasteiger partial charge in [-0.25, -0.2) is 12.8 Å². The van der Waals surface area contributed by atoms with Crippen molar-refractivity contribution < 1.29 is 22.3 Å². The normalized spacial score (nSPS) is 19.1. The lowest BCUT2D eigenvalue weighted by atomic mass is 10.1. The standard InChI is InChI=1S/C12H13ClFNO4S/c1-7-10(14)4-8(5-11(7)20(13,17)18)12(16)15-9-2-3-19-6-9/h4-5,9H,2-3,6H2,1H3,(H,15,16). The maximum atomic E-state index is 13.7. The van der Waals surface area contributed by atoms with E-state index < -0.39 is 25.7 Å². The maximum Gasteiger partial charge on any atom is 0.261 e. The number of halogens is 2. The second-order valence-electron chi connectivity index (χ2n) is 4.55. The fourth-order valence-electron chi connectivity index (χ4n) is 1.96. The highest BCUT2D eigenvalue weighted by molar-refractivity contribution is 8.13. The molecule has 1 amide bonds. The molecular weight excluding hydrogens is 309 g/mol. The van der Waals surface area contributed by atoms with Crippen LogP contribution in [-0.4, -0.2) is 33.6 Å². The van der Waals surface area contributed by atoms with Crippen LogP contribution in [0.4, 0.5) is 4.39 Å². The van der Waals surface area contributed by atoms with Gasteiger partial charge in [0.15, 0.2) is 0 Å². The molecule has 1 aromatic rings. The molecule has 1 N–H and O–H groups in total. The molecule has 0 radical (unpaired) electrons. The third kappa shape index (κ3) is 3.28. The van der Waals surface area contributed by atoms with E-state index in [1.54, 1.807) is 0 Å². The minimum absolute atomic E-state index is 0.0841. The van der Waals surface area contributed by atoms with Crippen molar-refractivity contribution >= 4 is 25.6 Å². The summed E-state index contributed by atoms with van der Waals surface area (Å²) in [6.07, 6.45) is 0.667. The summed E-state index contributed by atoms with van der Waals surface area (Å²) >= 11 is 0. The van der Waals surface area contributed by atoms with Gasteiger partial charge in [-0.15, -0.1) is 0 Å². The van der Waals surface area contributed by atoms with Crippen molar-refractivity contribution in [2.75, 3.05) is 13.2 Å². The molecule has 1 atom stereocenters. The zero-order valence-electron chi connectivity index (χ0n) is 10.7. The molecule has 0 saturated carbocycles. The van der Waals surface area contributed by atoms with Gasteiger partial charge in [-0.05, 0) is 25.5 Å². The second-order valence-corrected chi connectivity index (χ2v) is 7.09. The summed E-state index contributed by atoms with van der Waals surface area (Å²) in [5.41, 5.74) is -0.194. The average molecular weight is 322 g/mol. The quantitative estimate of drug-likeness (QED) is 0.858. The van der Waals surface area contributed by atoms with Gasteiger partial charge in [0.1, 0.15) is 5.82 Å². The van der Waals surface area contributed by atoms with Crippen LogP contribution in [0.2, 0.25) is 0 Å². The van der Waals surface area contributed by atoms with E-state index >= 15 is 0 Å². The predicted molar refractivity (Wildman–Crippen MR) is 70.9 cm³/mol. The first-order valence-corrected chi connectivity index (χ1v) is 8.23. The first kappa shape index (κ1) is 15.2. The monoisotopic (exact) mass is 321 g/mol. The van der Waals surface area contributed by atoms with Crippen molar-refractivity contribution in [3.63, 3.8) is 0 Å².